The highest BCUT2D eigenvalue weighted by Gasteiger charge is 2.18. The Kier molecular flexibility index (Phi) is 7.29. The van der Waals surface area contributed by atoms with Crippen molar-refractivity contribution < 1.29 is 32.2 Å². The third kappa shape index (κ3) is 5.53. The molecule has 0 radical (unpaired) electrons. The zero-order valence-electron chi connectivity index (χ0n) is 15.9. The summed E-state index contributed by atoms with van der Waals surface area (Å²) in [7, 11) is 2.97. The highest BCUT2D eigenvalue weighted by molar-refractivity contribution is 5.95. The molecule has 0 heterocycles. The van der Waals surface area contributed by atoms with Gasteiger partial charge in [-0.3, -0.25) is 9.59 Å². The Morgan fingerprint density at radius 3 is 2.34 bits per heavy atom. The fraction of sp³-hybridized carbons (Fsp3) is 0.263. The number of hydrogen-bond donors (Lipinski definition) is 3. The van der Waals surface area contributed by atoms with Crippen molar-refractivity contribution in [2.75, 3.05) is 31.4 Å². The highest BCUT2D eigenvalue weighted by atomic mass is 19.2. The lowest BCUT2D eigenvalue weighted by Gasteiger charge is -2.18. The number of hydrogen-bond acceptors (Lipinski definition) is 5. The standard InChI is InChI=1S/C19H20F3N3O4/c1-10(24-13-6-4-11(28-2)8-15(13)29-3)19(27)23-9-16(26)25-14-7-5-12(20)17(21)18(14)22/h4-8,10,24H,9H2,1-3H3,(H,23,27)(H,25,26)/t10-/m0/s1. The van der Waals surface area contributed by atoms with Crippen molar-refractivity contribution in [2.45, 2.75) is 13.0 Å². The first-order valence-corrected chi connectivity index (χ1v) is 8.46. The van der Waals surface area contributed by atoms with Gasteiger partial charge >= 0.3 is 0 Å². The second kappa shape index (κ2) is 9.67. The van der Waals surface area contributed by atoms with Crippen LogP contribution in [0.1, 0.15) is 6.92 Å². The Bertz CT molecular complexity index is 909. The van der Waals surface area contributed by atoms with E-state index in [0.29, 0.717) is 23.3 Å². The second-order valence-corrected chi connectivity index (χ2v) is 5.92. The van der Waals surface area contributed by atoms with E-state index in [1.807, 2.05) is 0 Å². The minimum absolute atomic E-state index is 0.454. The molecule has 2 rings (SSSR count). The van der Waals surface area contributed by atoms with E-state index in [1.165, 1.54) is 14.2 Å². The minimum atomic E-state index is -1.70. The van der Waals surface area contributed by atoms with Crippen LogP contribution in [0.5, 0.6) is 11.5 Å². The van der Waals surface area contributed by atoms with Crippen LogP contribution in [0, 0.1) is 17.5 Å². The number of ether oxygens (including phenoxy) is 2. The summed E-state index contributed by atoms with van der Waals surface area (Å²) in [4.78, 5) is 24.0. The normalized spacial score (nSPS) is 11.4. The number of anilines is 2. The Balaban J connectivity index is 1.92. The molecule has 2 aromatic carbocycles. The fourth-order valence-corrected chi connectivity index (χ4v) is 2.35. The Morgan fingerprint density at radius 2 is 1.69 bits per heavy atom. The minimum Gasteiger partial charge on any atom is -0.497 e. The number of halogens is 3. The summed E-state index contributed by atoms with van der Waals surface area (Å²) < 4.78 is 50.0. The maximum atomic E-state index is 13.6. The quantitative estimate of drug-likeness (QED) is 0.582. The molecule has 0 aliphatic rings. The number of benzene rings is 2. The lowest BCUT2D eigenvalue weighted by molar-refractivity contribution is -0.124. The average molecular weight is 411 g/mol. The number of carbonyl (C=O) groups excluding carboxylic acids is 2. The van der Waals surface area contributed by atoms with Crippen molar-refractivity contribution >= 4 is 23.2 Å². The number of carbonyl (C=O) groups is 2. The number of rotatable bonds is 8. The molecule has 7 nitrogen and oxygen atoms in total. The topological polar surface area (TPSA) is 88.7 Å². The van der Waals surface area contributed by atoms with Gasteiger partial charge in [0.25, 0.3) is 0 Å². The van der Waals surface area contributed by atoms with Gasteiger partial charge in [-0.05, 0) is 31.2 Å². The first-order chi connectivity index (χ1) is 13.8. The van der Waals surface area contributed by atoms with E-state index in [2.05, 4.69) is 16.0 Å². The van der Waals surface area contributed by atoms with Gasteiger partial charge in [0.2, 0.25) is 11.8 Å². The summed E-state index contributed by atoms with van der Waals surface area (Å²) in [5, 5.41) is 7.36. The molecule has 29 heavy (non-hydrogen) atoms. The van der Waals surface area contributed by atoms with Crippen LogP contribution < -0.4 is 25.4 Å². The summed E-state index contributed by atoms with van der Waals surface area (Å²) in [6, 6.07) is 5.80. The molecule has 10 heteroatoms. The molecule has 0 saturated heterocycles. The number of methoxy groups -OCH3 is 2. The smallest absolute Gasteiger partial charge is 0.243 e. The van der Waals surface area contributed by atoms with E-state index in [0.717, 1.165) is 6.07 Å². The van der Waals surface area contributed by atoms with Gasteiger partial charge in [-0.2, -0.15) is 0 Å². The fourth-order valence-electron chi connectivity index (χ4n) is 2.35. The van der Waals surface area contributed by atoms with Gasteiger partial charge in [-0.15, -0.1) is 0 Å². The molecular weight excluding hydrogens is 391 g/mol. The molecule has 0 bridgehead atoms. The van der Waals surface area contributed by atoms with Crippen molar-refractivity contribution in [3.63, 3.8) is 0 Å². The lowest BCUT2D eigenvalue weighted by Crippen LogP contribution is -2.41. The molecule has 0 aliphatic carbocycles. The third-order valence-corrected chi connectivity index (χ3v) is 3.91. The van der Waals surface area contributed by atoms with Crippen LogP contribution in [0.25, 0.3) is 0 Å². The predicted octanol–water partition coefficient (Wildman–Crippen LogP) is 2.68. The van der Waals surface area contributed by atoms with Crippen molar-refractivity contribution in [2.24, 2.45) is 0 Å². The van der Waals surface area contributed by atoms with E-state index in [4.69, 9.17) is 9.47 Å². The predicted molar refractivity (Wildman–Crippen MR) is 101 cm³/mol. The molecule has 156 valence electrons. The van der Waals surface area contributed by atoms with Gasteiger partial charge < -0.3 is 25.4 Å². The SMILES string of the molecule is COc1ccc(N[C@@H](C)C(=O)NCC(=O)Nc2ccc(F)c(F)c2F)c(OC)c1. The molecule has 0 unspecified atom stereocenters. The zero-order valence-corrected chi connectivity index (χ0v) is 15.9. The largest absolute Gasteiger partial charge is 0.497 e. The zero-order chi connectivity index (χ0) is 21.6. The summed E-state index contributed by atoms with van der Waals surface area (Å²) in [6.07, 6.45) is 0. The molecule has 2 amide bonds. The maximum absolute atomic E-state index is 13.6. The average Bonchev–Trinajstić information content (AvgIpc) is 2.72. The van der Waals surface area contributed by atoms with Gasteiger partial charge in [-0.25, -0.2) is 13.2 Å². The Labute approximate surface area is 165 Å². The third-order valence-electron chi connectivity index (χ3n) is 3.91. The van der Waals surface area contributed by atoms with Crippen molar-refractivity contribution in [1.29, 1.82) is 0 Å². The van der Waals surface area contributed by atoms with Gasteiger partial charge in [0, 0.05) is 6.07 Å². The molecule has 1 atom stereocenters. The monoisotopic (exact) mass is 411 g/mol. The molecule has 0 fully saturated rings. The lowest BCUT2D eigenvalue weighted by atomic mass is 10.2. The molecule has 3 N–H and O–H groups in total. The van der Waals surface area contributed by atoms with Crippen LogP contribution in [-0.2, 0) is 9.59 Å². The maximum Gasteiger partial charge on any atom is 0.243 e. The van der Waals surface area contributed by atoms with Crippen LogP contribution in [0.2, 0.25) is 0 Å². The van der Waals surface area contributed by atoms with E-state index >= 15 is 0 Å². The van der Waals surface area contributed by atoms with E-state index in [1.54, 1.807) is 25.1 Å². The highest BCUT2D eigenvalue weighted by Crippen LogP contribution is 2.29. The van der Waals surface area contributed by atoms with Gasteiger partial charge in [0.15, 0.2) is 17.5 Å². The molecule has 0 aliphatic heterocycles. The first-order valence-electron chi connectivity index (χ1n) is 8.46. The van der Waals surface area contributed by atoms with E-state index < -0.39 is 47.5 Å². The number of nitrogens with one attached hydrogen (secondary N) is 3. The first kappa shape index (κ1) is 21.9. The van der Waals surface area contributed by atoms with Crippen molar-refractivity contribution in [3.05, 3.63) is 47.8 Å². The van der Waals surface area contributed by atoms with Crippen LogP contribution in [0.3, 0.4) is 0 Å². The van der Waals surface area contributed by atoms with Gasteiger partial charge in [0.1, 0.15) is 17.5 Å². The molecular formula is C19H20F3N3O4. The summed E-state index contributed by atoms with van der Waals surface area (Å²) in [6.45, 7) is 1.06. The molecule has 0 saturated carbocycles. The summed E-state index contributed by atoms with van der Waals surface area (Å²) in [5.41, 5.74) is 0.00144. The van der Waals surface area contributed by atoms with E-state index in [-0.39, 0.29) is 0 Å². The molecule has 0 aromatic heterocycles. The number of amides is 2. The van der Waals surface area contributed by atoms with E-state index in [9.17, 15) is 22.8 Å². The van der Waals surface area contributed by atoms with Crippen LogP contribution >= 0.6 is 0 Å². The molecule has 2 aromatic rings. The van der Waals surface area contributed by atoms with Crippen LogP contribution in [0.15, 0.2) is 30.3 Å². The summed E-state index contributed by atoms with van der Waals surface area (Å²) >= 11 is 0. The summed E-state index contributed by atoms with van der Waals surface area (Å²) in [5.74, 6) is -4.89. The van der Waals surface area contributed by atoms with Crippen molar-refractivity contribution in [3.8, 4) is 11.5 Å². The molecule has 0 spiro atoms. The van der Waals surface area contributed by atoms with Crippen LogP contribution in [0.4, 0.5) is 24.5 Å². The van der Waals surface area contributed by atoms with Gasteiger partial charge in [0.05, 0.1) is 32.1 Å². The second-order valence-electron chi connectivity index (χ2n) is 5.92. The van der Waals surface area contributed by atoms with Crippen molar-refractivity contribution in [1.82, 2.24) is 5.32 Å². The van der Waals surface area contributed by atoms with Gasteiger partial charge in [-0.1, -0.05) is 0 Å². The Morgan fingerprint density at radius 1 is 1.00 bits per heavy atom. The van der Waals surface area contributed by atoms with Crippen LogP contribution in [-0.4, -0.2) is 38.6 Å². The Hall–Kier alpha value is -3.43.